The van der Waals surface area contributed by atoms with Gasteiger partial charge in [0.15, 0.2) is 0 Å². The molecule has 0 aliphatic carbocycles. The fraction of sp³-hybridized carbons (Fsp3) is 1.00. The summed E-state index contributed by atoms with van der Waals surface area (Å²) in [5.41, 5.74) is 0. The van der Waals surface area contributed by atoms with Gasteiger partial charge in [-0.3, -0.25) is 0 Å². The number of nitrogens with zero attached hydrogens (tertiary/aromatic N) is 1. The van der Waals surface area contributed by atoms with Gasteiger partial charge in [-0.05, 0) is 6.42 Å². The molecule has 5 nitrogen and oxygen atoms in total. The first kappa shape index (κ1) is 14.1. The molecule has 14 heavy (non-hydrogen) atoms. The average Bonchev–Trinajstić information content (AvgIpc) is 1.97. The largest absolute Gasteiger partial charge is 0.313 e. The molecule has 0 aromatic heterocycles. The topological polar surface area (TPSA) is 61.4 Å². The van der Waals surface area contributed by atoms with Crippen LogP contribution in [0.5, 0.6) is 0 Å². The van der Waals surface area contributed by atoms with Crippen molar-refractivity contribution < 1.29 is 8.42 Å². The summed E-state index contributed by atoms with van der Waals surface area (Å²) in [5.74, 6) is 0. The van der Waals surface area contributed by atoms with Crippen molar-refractivity contribution in [2.45, 2.75) is 19.4 Å². The van der Waals surface area contributed by atoms with Crippen molar-refractivity contribution in [3.63, 3.8) is 0 Å². The maximum atomic E-state index is 11.5. The lowest BCUT2D eigenvalue weighted by atomic mass is 10.2. The van der Waals surface area contributed by atoms with Crippen LogP contribution in [0.2, 0.25) is 0 Å². The summed E-state index contributed by atoms with van der Waals surface area (Å²) in [5, 5.41) is 3.04. The number of hydrogen-bond donors (Lipinski definition) is 2. The van der Waals surface area contributed by atoms with E-state index >= 15 is 0 Å². The zero-order valence-electron chi connectivity index (χ0n) is 8.49. The first-order valence-electron chi connectivity index (χ1n) is 4.51. The Morgan fingerprint density at radius 3 is 2.43 bits per heavy atom. The van der Waals surface area contributed by atoms with Crippen molar-refractivity contribution in [3.05, 3.63) is 0 Å². The zero-order valence-corrected chi connectivity index (χ0v) is 10.1. The van der Waals surface area contributed by atoms with E-state index in [1.165, 1.54) is 4.31 Å². The Morgan fingerprint density at radius 1 is 1.50 bits per heavy atom. The normalized spacial score (nSPS) is 17.6. The Kier molecular flexibility index (Phi) is 5.92. The summed E-state index contributed by atoms with van der Waals surface area (Å²) in [6.07, 6.45) is 0.815. The predicted molar refractivity (Wildman–Crippen MR) is 58.9 cm³/mol. The Morgan fingerprint density at radius 2 is 2.07 bits per heavy atom. The number of rotatable bonds is 5. The molecule has 1 aliphatic rings. The molecule has 0 saturated carbocycles. The maximum Gasteiger partial charge on any atom is 0.279 e. The van der Waals surface area contributed by atoms with Crippen LogP contribution in [0, 0.1) is 0 Å². The molecule has 0 aromatic carbocycles. The number of nitrogens with one attached hydrogen (secondary N) is 2. The van der Waals surface area contributed by atoms with Crippen LogP contribution in [0.1, 0.15) is 13.3 Å². The molecule has 1 fully saturated rings. The van der Waals surface area contributed by atoms with E-state index in [0.29, 0.717) is 6.54 Å². The van der Waals surface area contributed by atoms with Gasteiger partial charge in [-0.25, -0.2) is 4.72 Å². The van der Waals surface area contributed by atoms with E-state index in [1.54, 1.807) is 7.05 Å². The van der Waals surface area contributed by atoms with E-state index in [0.717, 1.165) is 19.5 Å². The number of likely N-dealkylation sites (N-methyl/N-ethyl adjacent to an activating group) is 1. The van der Waals surface area contributed by atoms with Crippen LogP contribution < -0.4 is 10.0 Å². The second-order valence-electron chi connectivity index (χ2n) is 3.23. The lowest BCUT2D eigenvalue weighted by molar-refractivity contribution is 0.271. The van der Waals surface area contributed by atoms with Crippen molar-refractivity contribution in [2.75, 3.05) is 26.7 Å². The molecule has 0 spiro atoms. The smallest absolute Gasteiger partial charge is 0.279 e. The van der Waals surface area contributed by atoms with Crippen LogP contribution in [0.3, 0.4) is 0 Å². The van der Waals surface area contributed by atoms with Crippen molar-refractivity contribution >= 4 is 22.6 Å². The SMILES string of the molecule is CCCNS(=O)(=O)N(C)C1CNC1.Cl. The number of halogens is 1. The average molecular weight is 244 g/mol. The van der Waals surface area contributed by atoms with E-state index in [2.05, 4.69) is 10.0 Å². The Bertz CT molecular complexity index is 254. The maximum absolute atomic E-state index is 11.5. The lowest BCUT2D eigenvalue weighted by Gasteiger charge is -2.34. The van der Waals surface area contributed by atoms with Crippen LogP contribution >= 0.6 is 12.4 Å². The Hall–Kier alpha value is 0.120. The van der Waals surface area contributed by atoms with E-state index in [4.69, 9.17) is 0 Å². The van der Waals surface area contributed by atoms with Gasteiger partial charge < -0.3 is 5.32 Å². The lowest BCUT2D eigenvalue weighted by Crippen LogP contribution is -2.59. The van der Waals surface area contributed by atoms with E-state index in [-0.39, 0.29) is 18.4 Å². The highest BCUT2D eigenvalue weighted by molar-refractivity contribution is 7.87. The third-order valence-corrected chi connectivity index (χ3v) is 3.81. The van der Waals surface area contributed by atoms with Crippen LogP contribution in [0.4, 0.5) is 0 Å². The second-order valence-corrected chi connectivity index (χ2v) is 5.04. The Labute approximate surface area is 91.8 Å². The third-order valence-electron chi connectivity index (χ3n) is 2.19. The minimum Gasteiger partial charge on any atom is -0.313 e. The minimum absolute atomic E-state index is 0. The second kappa shape index (κ2) is 5.87. The highest BCUT2D eigenvalue weighted by Gasteiger charge is 2.29. The summed E-state index contributed by atoms with van der Waals surface area (Å²) in [4.78, 5) is 0. The molecular weight excluding hydrogens is 226 g/mol. The quantitative estimate of drug-likeness (QED) is 0.688. The van der Waals surface area contributed by atoms with Gasteiger partial charge >= 0.3 is 0 Å². The molecule has 1 heterocycles. The molecule has 0 atom stereocenters. The minimum atomic E-state index is -3.24. The van der Waals surface area contributed by atoms with Gasteiger partial charge in [-0.2, -0.15) is 12.7 Å². The van der Waals surface area contributed by atoms with Gasteiger partial charge in [0, 0.05) is 26.7 Å². The first-order valence-corrected chi connectivity index (χ1v) is 5.95. The van der Waals surface area contributed by atoms with Gasteiger partial charge in [0.1, 0.15) is 0 Å². The van der Waals surface area contributed by atoms with Crippen LogP contribution in [0.15, 0.2) is 0 Å². The van der Waals surface area contributed by atoms with Crippen molar-refractivity contribution in [1.29, 1.82) is 0 Å². The van der Waals surface area contributed by atoms with Gasteiger partial charge in [0.25, 0.3) is 10.2 Å². The van der Waals surface area contributed by atoms with Gasteiger partial charge in [-0.15, -0.1) is 12.4 Å². The third kappa shape index (κ3) is 3.36. The molecule has 0 aromatic rings. The highest BCUT2D eigenvalue weighted by Crippen LogP contribution is 2.06. The summed E-state index contributed by atoms with van der Waals surface area (Å²) < 4.78 is 27.0. The van der Waals surface area contributed by atoms with E-state index in [9.17, 15) is 8.42 Å². The van der Waals surface area contributed by atoms with Crippen LogP contribution in [0.25, 0.3) is 0 Å². The van der Waals surface area contributed by atoms with Gasteiger partial charge in [0.05, 0.1) is 6.04 Å². The predicted octanol–water partition coefficient (Wildman–Crippen LogP) is -0.444. The summed E-state index contributed by atoms with van der Waals surface area (Å²) in [7, 11) is -1.62. The molecule has 1 rings (SSSR count). The molecule has 0 unspecified atom stereocenters. The van der Waals surface area contributed by atoms with E-state index < -0.39 is 10.2 Å². The highest BCUT2D eigenvalue weighted by atomic mass is 35.5. The fourth-order valence-electron chi connectivity index (χ4n) is 1.06. The van der Waals surface area contributed by atoms with Crippen LogP contribution in [-0.2, 0) is 10.2 Å². The molecular formula is C7H18ClN3O2S. The molecule has 86 valence electrons. The Balaban J connectivity index is 0.00000169. The van der Waals surface area contributed by atoms with Gasteiger partial charge in [-0.1, -0.05) is 6.92 Å². The molecule has 7 heteroatoms. The van der Waals surface area contributed by atoms with E-state index in [1.807, 2.05) is 6.92 Å². The first-order chi connectivity index (χ1) is 6.08. The molecule has 1 saturated heterocycles. The number of hydrogen-bond acceptors (Lipinski definition) is 3. The fourth-order valence-corrected chi connectivity index (χ4v) is 2.27. The van der Waals surface area contributed by atoms with Crippen LogP contribution in [-0.4, -0.2) is 45.4 Å². The van der Waals surface area contributed by atoms with Crippen molar-refractivity contribution in [3.8, 4) is 0 Å². The van der Waals surface area contributed by atoms with Crippen molar-refractivity contribution in [1.82, 2.24) is 14.3 Å². The summed E-state index contributed by atoms with van der Waals surface area (Å²) in [6.45, 7) is 3.95. The monoisotopic (exact) mass is 243 g/mol. The molecule has 1 aliphatic heterocycles. The van der Waals surface area contributed by atoms with Crippen molar-refractivity contribution in [2.24, 2.45) is 0 Å². The molecule has 2 N–H and O–H groups in total. The standard InChI is InChI=1S/C7H17N3O2S.ClH/c1-3-4-9-13(11,12)10(2)7-5-8-6-7;/h7-9H,3-6H2,1-2H3;1H. The molecule has 0 bridgehead atoms. The summed E-state index contributed by atoms with van der Waals surface area (Å²) >= 11 is 0. The molecule has 0 amide bonds. The molecule has 0 radical (unpaired) electrons. The summed E-state index contributed by atoms with van der Waals surface area (Å²) in [6, 6.07) is 0.120. The zero-order chi connectivity index (χ0) is 9.90. The van der Waals surface area contributed by atoms with Gasteiger partial charge in [0.2, 0.25) is 0 Å².